The molecule has 0 aliphatic heterocycles. The van der Waals surface area contributed by atoms with Crippen LogP contribution in [0.1, 0.15) is 23.9 Å². The van der Waals surface area contributed by atoms with Crippen molar-refractivity contribution < 1.29 is 4.52 Å². The van der Waals surface area contributed by atoms with Crippen LogP contribution < -0.4 is 5.32 Å². The van der Waals surface area contributed by atoms with Crippen molar-refractivity contribution in [3.8, 4) is 0 Å². The molecule has 0 aromatic carbocycles. The average molecular weight is 235 g/mol. The number of hydrogen-bond acceptors (Lipinski definition) is 5. The molecule has 6 heteroatoms. The van der Waals surface area contributed by atoms with Crippen molar-refractivity contribution >= 4 is 0 Å². The summed E-state index contributed by atoms with van der Waals surface area (Å²) in [5, 5.41) is 11.4. The second kappa shape index (κ2) is 5.09. The van der Waals surface area contributed by atoms with Gasteiger partial charge in [-0.3, -0.25) is 4.68 Å². The minimum absolute atomic E-state index is 0.311. The van der Waals surface area contributed by atoms with Gasteiger partial charge in [0.2, 0.25) is 0 Å². The molecule has 0 unspecified atom stereocenters. The van der Waals surface area contributed by atoms with Crippen LogP contribution in [0.5, 0.6) is 0 Å². The molecule has 2 aromatic heterocycles. The highest BCUT2D eigenvalue weighted by atomic mass is 16.5. The summed E-state index contributed by atoms with van der Waals surface area (Å²) in [4.78, 5) is 3.91. The summed E-state index contributed by atoms with van der Waals surface area (Å²) in [6.07, 6.45) is 3.26. The van der Waals surface area contributed by atoms with Crippen molar-refractivity contribution in [3.05, 3.63) is 29.7 Å². The Morgan fingerprint density at radius 1 is 1.47 bits per heavy atom. The van der Waals surface area contributed by atoms with E-state index in [1.807, 2.05) is 18.5 Å². The molecule has 1 atom stereocenters. The molecule has 17 heavy (non-hydrogen) atoms. The fourth-order valence-corrected chi connectivity index (χ4v) is 1.70. The maximum absolute atomic E-state index is 5.12. The molecule has 2 rings (SSSR count). The average Bonchev–Trinajstić information content (AvgIpc) is 2.88. The van der Waals surface area contributed by atoms with Crippen molar-refractivity contribution in [1.29, 1.82) is 0 Å². The lowest BCUT2D eigenvalue weighted by atomic mass is 10.2. The van der Waals surface area contributed by atoms with Gasteiger partial charge in [0.1, 0.15) is 18.4 Å². The first-order valence-corrected chi connectivity index (χ1v) is 5.64. The van der Waals surface area contributed by atoms with Gasteiger partial charge in [0.05, 0.1) is 12.2 Å². The Labute approximate surface area is 100 Å². The van der Waals surface area contributed by atoms with Crippen molar-refractivity contribution in [2.45, 2.75) is 39.9 Å². The fourth-order valence-electron chi connectivity index (χ4n) is 1.70. The quantitative estimate of drug-likeness (QED) is 0.839. The van der Waals surface area contributed by atoms with Crippen LogP contribution in [0, 0.1) is 13.8 Å². The Bertz CT molecular complexity index is 443. The van der Waals surface area contributed by atoms with Gasteiger partial charge in [-0.05, 0) is 20.8 Å². The van der Waals surface area contributed by atoms with Gasteiger partial charge in [-0.25, -0.2) is 4.98 Å². The van der Waals surface area contributed by atoms with E-state index in [4.69, 9.17) is 4.52 Å². The lowest BCUT2D eigenvalue weighted by molar-refractivity contribution is 0.390. The number of hydrogen-bond donors (Lipinski definition) is 1. The van der Waals surface area contributed by atoms with E-state index in [1.54, 1.807) is 12.7 Å². The minimum atomic E-state index is 0.311. The van der Waals surface area contributed by atoms with Gasteiger partial charge in [0, 0.05) is 18.2 Å². The van der Waals surface area contributed by atoms with Crippen LogP contribution in [-0.2, 0) is 13.1 Å². The van der Waals surface area contributed by atoms with Crippen molar-refractivity contribution in [1.82, 2.24) is 25.2 Å². The van der Waals surface area contributed by atoms with Gasteiger partial charge >= 0.3 is 0 Å². The highest BCUT2D eigenvalue weighted by molar-refractivity contribution is 5.20. The van der Waals surface area contributed by atoms with E-state index in [0.717, 1.165) is 30.1 Å². The van der Waals surface area contributed by atoms with Gasteiger partial charge in [0.25, 0.3) is 0 Å². The fraction of sp³-hybridized carbons (Fsp3) is 0.545. The maximum atomic E-state index is 5.12. The first-order chi connectivity index (χ1) is 8.16. The molecule has 0 saturated carbocycles. The number of aromatic nitrogens is 4. The van der Waals surface area contributed by atoms with Crippen LogP contribution in [0.3, 0.4) is 0 Å². The summed E-state index contributed by atoms with van der Waals surface area (Å²) in [5.74, 6) is 0.878. The normalized spacial score (nSPS) is 12.9. The van der Waals surface area contributed by atoms with Gasteiger partial charge in [-0.2, -0.15) is 5.10 Å². The molecule has 1 N–H and O–H groups in total. The summed E-state index contributed by atoms with van der Waals surface area (Å²) in [7, 11) is 0. The molecule has 92 valence electrons. The third-order valence-electron chi connectivity index (χ3n) is 2.74. The standard InChI is InChI=1S/C11H17N5O/c1-8(5-16-7-12-6-14-16)13-4-11-9(2)15-17-10(11)3/h6-8,13H,4-5H2,1-3H3/t8-/m0/s1. The Kier molecular flexibility index (Phi) is 3.53. The predicted molar refractivity (Wildman–Crippen MR) is 62.3 cm³/mol. The van der Waals surface area contributed by atoms with E-state index in [9.17, 15) is 0 Å². The summed E-state index contributed by atoms with van der Waals surface area (Å²) < 4.78 is 6.93. The SMILES string of the molecule is Cc1noc(C)c1CN[C@@H](C)Cn1cncn1. The van der Waals surface area contributed by atoms with E-state index >= 15 is 0 Å². The van der Waals surface area contributed by atoms with Crippen LogP contribution in [0.15, 0.2) is 17.2 Å². The predicted octanol–water partition coefficient (Wildman–Crippen LogP) is 1.06. The molecule has 0 radical (unpaired) electrons. The summed E-state index contributed by atoms with van der Waals surface area (Å²) >= 11 is 0. The number of nitrogens with one attached hydrogen (secondary N) is 1. The first-order valence-electron chi connectivity index (χ1n) is 5.64. The lowest BCUT2D eigenvalue weighted by Gasteiger charge is -2.13. The van der Waals surface area contributed by atoms with Crippen LogP contribution >= 0.6 is 0 Å². The van der Waals surface area contributed by atoms with Gasteiger partial charge < -0.3 is 9.84 Å². The smallest absolute Gasteiger partial charge is 0.138 e. The van der Waals surface area contributed by atoms with E-state index in [-0.39, 0.29) is 0 Å². The molecule has 0 aliphatic carbocycles. The third-order valence-corrected chi connectivity index (χ3v) is 2.74. The Morgan fingerprint density at radius 2 is 2.29 bits per heavy atom. The van der Waals surface area contributed by atoms with Gasteiger partial charge in [0.15, 0.2) is 0 Å². The zero-order chi connectivity index (χ0) is 12.3. The second-order valence-corrected chi connectivity index (χ2v) is 4.20. The summed E-state index contributed by atoms with van der Waals surface area (Å²) in [6, 6.07) is 0.311. The highest BCUT2D eigenvalue weighted by Gasteiger charge is 2.10. The molecule has 2 aromatic rings. The van der Waals surface area contributed by atoms with E-state index in [1.165, 1.54) is 0 Å². The van der Waals surface area contributed by atoms with Gasteiger partial charge in [-0.1, -0.05) is 5.16 Å². The molecule has 2 heterocycles. The van der Waals surface area contributed by atoms with E-state index in [0.29, 0.717) is 6.04 Å². The molecule has 0 aliphatic rings. The summed E-state index contributed by atoms with van der Waals surface area (Å²) in [6.45, 7) is 7.55. The summed E-state index contributed by atoms with van der Waals surface area (Å²) in [5.41, 5.74) is 2.08. The highest BCUT2D eigenvalue weighted by Crippen LogP contribution is 2.11. The molecule has 0 amide bonds. The van der Waals surface area contributed by atoms with Crippen LogP contribution in [0.4, 0.5) is 0 Å². The number of rotatable bonds is 5. The first kappa shape index (κ1) is 11.8. The Balaban J connectivity index is 1.86. The zero-order valence-electron chi connectivity index (χ0n) is 10.3. The molecule has 0 spiro atoms. The van der Waals surface area contributed by atoms with Crippen molar-refractivity contribution in [2.75, 3.05) is 0 Å². The number of nitrogens with zero attached hydrogens (tertiary/aromatic N) is 4. The lowest BCUT2D eigenvalue weighted by Crippen LogP contribution is -2.30. The van der Waals surface area contributed by atoms with Crippen LogP contribution in [-0.4, -0.2) is 26.0 Å². The van der Waals surface area contributed by atoms with E-state index in [2.05, 4.69) is 27.5 Å². The van der Waals surface area contributed by atoms with Crippen LogP contribution in [0.25, 0.3) is 0 Å². The molecular formula is C11H17N5O. The maximum Gasteiger partial charge on any atom is 0.138 e. The monoisotopic (exact) mass is 235 g/mol. The van der Waals surface area contributed by atoms with E-state index < -0.39 is 0 Å². The van der Waals surface area contributed by atoms with Crippen LogP contribution in [0.2, 0.25) is 0 Å². The molecular weight excluding hydrogens is 218 g/mol. The minimum Gasteiger partial charge on any atom is -0.361 e. The largest absolute Gasteiger partial charge is 0.361 e. The molecule has 0 fully saturated rings. The molecule has 0 bridgehead atoms. The second-order valence-electron chi connectivity index (χ2n) is 4.20. The molecule has 6 nitrogen and oxygen atoms in total. The van der Waals surface area contributed by atoms with Gasteiger partial charge in [-0.15, -0.1) is 0 Å². The van der Waals surface area contributed by atoms with Crippen molar-refractivity contribution in [3.63, 3.8) is 0 Å². The topological polar surface area (TPSA) is 68.8 Å². The Hall–Kier alpha value is -1.69. The Morgan fingerprint density at radius 3 is 2.88 bits per heavy atom. The van der Waals surface area contributed by atoms with Crippen molar-refractivity contribution in [2.24, 2.45) is 0 Å². The molecule has 0 saturated heterocycles. The zero-order valence-corrected chi connectivity index (χ0v) is 10.3. The third kappa shape index (κ3) is 2.91. The number of aryl methyl sites for hydroxylation is 2.